The molecule has 2 aromatic heterocycles. The Morgan fingerprint density at radius 1 is 1.22 bits per heavy atom. The summed E-state index contributed by atoms with van der Waals surface area (Å²) in [5, 5.41) is 8.87. The first-order chi connectivity index (χ1) is 11.2. The van der Waals surface area contributed by atoms with Gasteiger partial charge in [-0.15, -0.1) is 0 Å². The summed E-state index contributed by atoms with van der Waals surface area (Å²) in [7, 11) is 1.89. The van der Waals surface area contributed by atoms with Crippen LogP contribution in [0, 0.1) is 0 Å². The Hall–Kier alpha value is -2.15. The highest BCUT2D eigenvalue weighted by Crippen LogP contribution is 2.29. The molecule has 1 atom stereocenters. The molecule has 7 heteroatoms. The summed E-state index contributed by atoms with van der Waals surface area (Å²) in [6.07, 6.45) is 2.67. The number of fused-ring (bicyclic) bond motifs is 1. The zero-order chi connectivity index (χ0) is 15.8. The Morgan fingerprint density at radius 2 is 2.04 bits per heavy atom. The van der Waals surface area contributed by atoms with Crippen molar-refractivity contribution in [3.05, 3.63) is 41.3 Å². The van der Waals surface area contributed by atoms with Crippen molar-refractivity contribution in [2.24, 2.45) is 7.05 Å². The molecule has 6 nitrogen and oxygen atoms in total. The molecule has 0 aliphatic carbocycles. The highest BCUT2D eigenvalue weighted by Gasteiger charge is 2.24. The molecular formula is C16H17BrN6. The van der Waals surface area contributed by atoms with Crippen molar-refractivity contribution in [3.63, 3.8) is 0 Å². The summed E-state index contributed by atoms with van der Waals surface area (Å²) in [5.74, 6) is 0.842. The number of halogens is 1. The summed E-state index contributed by atoms with van der Waals surface area (Å²) in [5.41, 5.74) is 2.10. The molecule has 4 rings (SSSR count). The first-order valence-electron chi connectivity index (χ1n) is 7.62. The second-order valence-electron chi connectivity index (χ2n) is 5.75. The maximum Gasteiger partial charge on any atom is 0.164 e. The molecule has 0 amide bonds. The number of hydrogen-bond donors (Lipinski definition) is 1. The lowest BCUT2D eigenvalue weighted by atomic mass is 10.2. The molecule has 1 fully saturated rings. The fourth-order valence-electron chi connectivity index (χ4n) is 3.09. The number of hydrogen-bond acceptors (Lipinski definition) is 5. The SMILES string of the molecule is Cn1nc(Br)c2c(NC3CCN(c4ccccc4)C3)ncnc21. The van der Waals surface area contributed by atoms with Crippen molar-refractivity contribution in [1.82, 2.24) is 19.7 Å². The number of aromatic nitrogens is 4. The van der Waals surface area contributed by atoms with E-state index in [4.69, 9.17) is 0 Å². The average Bonchev–Trinajstić information content (AvgIpc) is 3.14. The summed E-state index contributed by atoms with van der Waals surface area (Å²) in [6, 6.07) is 10.9. The minimum Gasteiger partial charge on any atom is -0.369 e. The van der Waals surface area contributed by atoms with Gasteiger partial charge in [-0.25, -0.2) is 14.6 Å². The van der Waals surface area contributed by atoms with E-state index in [1.807, 2.05) is 13.1 Å². The van der Waals surface area contributed by atoms with Crippen molar-refractivity contribution >= 4 is 38.5 Å². The number of aryl methyl sites for hydroxylation is 1. The third-order valence-corrected chi connectivity index (χ3v) is 4.78. The maximum atomic E-state index is 4.42. The zero-order valence-corrected chi connectivity index (χ0v) is 14.4. The highest BCUT2D eigenvalue weighted by atomic mass is 79.9. The summed E-state index contributed by atoms with van der Waals surface area (Å²) < 4.78 is 2.54. The highest BCUT2D eigenvalue weighted by molar-refractivity contribution is 9.10. The monoisotopic (exact) mass is 372 g/mol. The van der Waals surface area contributed by atoms with Crippen LogP contribution in [0.25, 0.3) is 11.0 Å². The molecule has 3 heterocycles. The largest absolute Gasteiger partial charge is 0.369 e. The number of para-hydroxylation sites is 1. The van der Waals surface area contributed by atoms with Crippen LogP contribution in [0.4, 0.5) is 11.5 Å². The van der Waals surface area contributed by atoms with Gasteiger partial charge in [-0.2, -0.15) is 5.10 Å². The van der Waals surface area contributed by atoms with Crippen LogP contribution in [0.1, 0.15) is 6.42 Å². The Bertz CT molecular complexity index is 831. The van der Waals surface area contributed by atoms with E-state index >= 15 is 0 Å². The summed E-state index contributed by atoms with van der Waals surface area (Å²) in [4.78, 5) is 11.1. The number of nitrogens with one attached hydrogen (secondary N) is 1. The number of rotatable bonds is 3. The molecule has 1 unspecified atom stereocenters. The molecule has 0 radical (unpaired) electrons. The molecule has 1 aromatic carbocycles. The van der Waals surface area contributed by atoms with Gasteiger partial charge in [0.25, 0.3) is 0 Å². The van der Waals surface area contributed by atoms with E-state index < -0.39 is 0 Å². The second-order valence-corrected chi connectivity index (χ2v) is 6.50. The predicted molar refractivity (Wildman–Crippen MR) is 94.7 cm³/mol. The maximum absolute atomic E-state index is 4.42. The van der Waals surface area contributed by atoms with E-state index in [0.29, 0.717) is 6.04 Å². The van der Waals surface area contributed by atoms with E-state index in [9.17, 15) is 0 Å². The minimum atomic E-state index is 0.361. The van der Waals surface area contributed by atoms with Crippen LogP contribution in [0.5, 0.6) is 0 Å². The Kier molecular flexibility index (Phi) is 3.65. The number of benzene rings is 1. The average molecular weight is 373 g/mol. The van der Waals surface area contributed by atoms with Crippen LogP contribution in [0.3, 0.4) is 0 Å². The first-order valence-corrected chi connectivity index (χ1v) is 8.41. The molecule has 3 aromatic rings. The third-order valence-electron chi connectivity index (χ3n) is 4.23. The molecule has 23 heavy (non-hydrogen) atoms. The Labute approximate surface area is 142 Å². The predicted octanol–water partition coefficient (Wildman–Crippen LogP) is 2.82. The standard InChI is InChI=1S/C16H17BrN6/c1-22-16-13(14(17)21-22)15(18-10-19-16)20-11-7-8-23(9-11)12-5-3-2-4-6-12/h2-6,10-11H,7-9H2,1H3,(H,18,19,20). The fourth-order valence-corrected chi connectivity index (χ4v) is 3.70. The molecule has 0 bridgehead atoms. The van der Waals surface area contributed by atoms with Gasteiger partial charge in [0.15, 0.2) is 5.65 Å². The van der Waals surface area contributed by atoms with Crippen LogP contribution in [-0.2, 0) is 7.05 Å². The van der Waals surface area contributed by atoms with Crippen molar-refractivity contribution in [2.75, 3.05) is 23.3 Å². The van der Waals surface area contributed by atoms with Crippen molar-refractivity contribution < 1.29 is 0 Å². The van der Waals surface area contributed by atoms with Gasteiger partial charge in [-0.1, -0.05) is 18.2 Å². The molecule has 0 saturated carbocycles. The van der Waals surface area contributed by atoms with E-state index in [0.717, 1.165) is 41.0 Å². The van der Waals surface area contributed by atoms with E-state index in [1.165, 1.54) is 5.69 Å². The lowest BCUT2D eigenvalue weighted by Gasteiger charge is -2.19. The van der Waals surface area contributed by atoms with Crippen LogP contribution in [0.15, 0.2) is 41.3 Å². The van der Waals surface area contributed by atoms with Gasteiger partial charge in [-0.3, -0.25) is 0 Å². The van der Waals surface area contributed by atoms with Crippen LogP contribution in [0.2, 0.25) is 0 Å². The zero-order valence-electron chi connectivity index (χ0n) is 12.8. The van der Waals surface area contributed by atoms with Crippen molar-refractivity contribution in [2.45, 2.75) is 12.5 Å². The normalized spacial score (nSPS) is 17.8. The van der Waals surface area contributed by atoms with E-state index in [-0.39, 0.29) is 0 Å². The third kappa shape index (κ3) is 2.65. The molecule has 1 aliphatic heterocycles. The van der Waals surface area contributed by atoms with Gasteiger partial charge in [0.2, 0.25) is 0 Å². The van der Waals surface area contributed by atoms with Crippen molar-refractivity contribution in [3.8, 4) is 0 Å². The molecule has 1 saturated heterocycles. The Balaban J connectivity index is 1.56. The second kappa shape index (κ2) is 5.81. The van der Waals surface area contributed by atoms with Gasteiger partial charge in [0.05, 0.1) is 5.39 Å². The number of nitrogens with zero attached hydrogens (tertiary/aromatic N) is 5. The first kappa shape index (κ1) is 14.4. The quantitative estimate of drug-likeness (QED) is 0.765. The van der Waals surface area contributed by atoms with Gasteiger partial charge in [0.1, 0.15) is 16.7 Å². The number of anilines is 2. The smallest absolute Gasteiger partial charge is 0.164 e. The minimum absolute atomic E-state index is 0.361. The van der Waals surface area contributed by atoms with Gasteiger partial charge in [-0.05, 0) is 34.5 Å². The van der Waals surface area contributed by atoms with Gasteiger partial charge in [0, 0.05) is 31.9 Å². The molecular weight excluding hydrogens is 356 g/mol. The lowest BCUT2D eigenvalue weighted by molar-refractivity contribution is 0.777. The van der Waals surface area contributed by atoms with Crippen LogP contribution < -0.4 is 10.2 Å². The van der Waals surface area contributed by atoms with Gasteiger partial charge < -0.3 is 10.2 Å². The Morgan fingerprint density at radius 3 is 2.87 bits per heavy atom. The fraction of sp³-hybridized carbons (Fsp3) is 0.312. The molecule has 1 aliphatic rings. The van der Waals surface area contributed by atoms with Gasteiger partial charge >= 0.3 is 0 Å². The topological polar surface area (TPSA) is 58.9 Å². The molecule has 1 N–H and O–H groups in total. The van der Waals surface area contributed by atoms with Crippen LogP contribution in [-0.4, -0.2) is 38.9 Å². The lowest BCUT2D eigenvalue weighted by Crippen LogP contribution is -2.26. The molecule has 0 spiro atoms. The van der Waals surface area contributed by atoms with E-state index in [2.05, 4.69) is 65.5 Å². The molecule has 118 valence electrons. The van der Waals surface area contributed by atoms with E-state index in [1.54, 1.807) is 11.0 Å². The van der Waals surface area contributed by atoms with Crippen molar-refractivity contribution in [1.29, 1.82) is 0 Å². The van der Waals surface area contributed by atoms with Crippen LogP contribution >= 0.6 is 15.9 Å². The summed E-state index contributed by atoms with van der Waals surface area (Å²) >= 11 is 3.50. The summed E-state index contributed by atoms with van der Waals surface area (Å²) in [6.45, 7) is 2.01.